The minimum Gasteiger partial charge on any atom is -0.459 e. The second-order valence-electron chi connectivity index (χ2n) is 5.32. The number of aryl methyl sites for hydroxylation is 1. The third-order valence-electron chi connectivity index (χ3n) is 3.81. The van der Waals surface area contributed by atoms with Gasteiger partial charge in [0.05, 0.1) is 0 Å². The predicted octanol–water partition coefficient (Wildman–Crippen LogP) is 4.14. The predicted molar refractivity (Wildman–Crippen MR) is 77.1 cm³/mol. The molecule has 1 aliphatic carbocycles. The number of hydrogen-bond donors (Lipinski definition) is 0. The molecule has 2 heteroatoms. The Labute approximate surface area is 115 Å². The molecule has 1 fully saturated rings. The monoisotopic (exact) mass is 258 g/mol. The molecule has 0 atom stereocenters. The van der Waals surface area contributed by atoms with Crippen LogP contribution in [0.1, 0.15) is 49.7 Å². The minimum absolute atomic E-state index is 0.102. The Morgan fingerprint density at radius 3 is 2.37 bits per heavy atom. The summed E-state index contributed by atoms with van der Waals surface area (Å²) in [5.74, 6) is 0.415. The Bertz CT molecular complexity index is 437. The minimum atomic E-state index is -0.207. The molecular formula is C17H22O2. The average molecular weight is 258 g/mol. The molecule has 0 amide bonds. The van der Waals surface area contributed by atoms with Gasteiger partial charge in [-0.2, -0.15) is 0 Å². The van der Waals surface area contributed by atoms with Crippen molar-refractivity contribution in [3.8, 4) is 0 Å². The fourth-order valence-electron chi connectivity index (χ4n) is 2.69. The smallest absolute Gasteiger partial charge is 0.330 e. The maximum absolute atomic E-state index is 11.4. The zero-order valence-electron chi connectivity index (χ0n) is 11.8. The molecule has 0 aromatic heterocycles. The van der Waals surface area contributed by atoms with Crippen LogP contribution in [0.3, 0.4) is 0 Å². The van der Waals surface area contributed by atoms with E-state index in [2.05, 4.69) is 31.2 Å². The first kappa shape index (κ1) is 13.9. The molecule has 0 unspecified atom stereocenters. The van der Waals surface area contributed by atoms with Gasteiger partial charge in [0.1, 0.15) is 6.10 Å². The van der Waals surface area contributed by atoms with Crippen LogP contribution in [0.15, 0.2) is 36.4 Å². The lowest BCUT2D eigenvalue weighted by atomic mass is 9.82. The normalized spacial score (nSPS) is 23.5. The lowest BCUT2D eigenvalue weighted by Crippen LogP contribution is -2.23. The molecule has 2 nitrogen and oxygen atoms in total. The Kier molecular flexibility index (Phi) is 4.78. The van der Waals surface area contributed by atoms with Crippen molar-refractivity contribution >= 4 is 5.97 Å². The van der Waals surface area contributed by atoms with Crippen molar-refractivity contribution in [3.05, 3.63) is 47.5 Å². The number of esters is 1. The summed E-state index contributed by atoms with van der Waals surface area (Å²) >= 11 is 0. The number of carbonyl (C=O) groups excluding carboxylic acids is 1. The number of hydrogen-bond acceptors (Lipinski definition) is 2. The van der Waals surface area contributed by atoms with Gasteiger partial charge in [0.2, 0.25) is 0 Å². The van der Waals surface area contributed by atoms with E-state index in [0.717, 1.165) is 25.7 Å². The van der Waals surface area contributed by atoms with Gasteiger partial charge in [0.15, 0.2) is 0 Å². The lowest BCUT2D eigenvalue weighted by molar-refractivity contribution is -0.144. The van der Waals surface area contributed by atoms with E-state index < -0.39 is 0 Å². The summed E-state index contributed by atoms with van der Waals surface area (Å²) in [6.45, 7) is 3.94. The van der Waals surface area contributed by atoms with Crippen molar-refractivity contribution in [2.24, 2.45) is 0 Å². The van der Waals surface area contributed by atoms with Crippen molar-refractivity contribution in [2.75, 3.05) is 0 Å². The Morgan fingerprint density at radius 2 is 1.79 bits per heavy atom. The topological polar surface area (TPSA) is 26.3 Å². The molecule has 0 radical (unpaired) electrons. The molecule has 0 spiro atoms. The van der Waals surface area contributed by atoms with Crippen LogP contribution in [0.5, 0.6) is 0 Å². The second kappa shape index (κ2) is 6.55. The highest BCUT2D eigenvalue weighted by Gasteiger charge is 2.24. The molecule has 1 aromatic rings. The van der Waals surface area contributed by atoms with E-state index in [1.54, 1.807) is 6.08 Å². The van der Waals surface area contributed by atoms with Crippen molar-refractivity contribution in [1.29, 1.82) is 0 Å². The third kappa shape index (κ3) is 3.95. The highest BCUT2D eigenvalue weighted by Crippen LogP contribution is 2.34. The maximum atomic E-state index is 11.4. The van der Waals surface area contributed by atoms with Crippen molar-refractivity contribution in [3.63, 3.8) is 0 Å². The fourth-order valence-corrected chi connectivity index (χ4v) is 2.69. The van der Waals surface area contributed by atoms with Crippen LogP contribution in [0.25, 0.3) is 0 Å². The molecule has 0 heterocycles. The molecular weight excluding hydrogens is 236 g/mol. The zero-order valence-corrected chi connectivity index (χ0v) is 11.8. The summed E-state index contributed by atoms with van der Waals surface area (Å²) < 4.78 is 5.41. The van der Waals surface area contributed by atoms with E-state index in [-0.39, 0.29) is 12.1 Å². The molecule has 1 saturated carbocycles. The summed E-state index contributed by atoms with van der Waals surface area (Å²) in [7, 11) is 0. The SMILES string of the molecule is CC=CC(=O)OC1CCC(c2ccc(C)cc2)CC1. The highest BCUT2D eigenvalue weighted by molar-refractivity contribution is 5.81. The van der Waals surface area contributed by atoms with E-state index in [1.807, 2.05) is 6.92 Å². The first-order valence-corrected chi connectivity index (χ1v) is 7.09. The molecule has 2 rings (SSSR count). The third-order valence-corrected chi connectivity index (χ3v) is 3.81. The van der Waals surface area contributed by atoms with Gasteiger partial charge in [0, 0.05) is 6.08 Å². The van der Waals surface area contributed by atoms with Crippen molar-refractivity contribution in [2.45, 2.75) is 51.6 Å². The van der Waals surface area contributed by atoms with Crippen molar-refractivity contribution < 1.29 is 9.53 Å². The molecule has 0 saturated heterocycles. The summed E-state index contributed by atoms with van der Waals surface area (Å²) in [5.41, 5.74) is 2.72. The van der Waals surface area contributed by atoms with Crippen LogP contribution in [-0.4, -0.2) is 12.1 Å². The van der Waals surface area contributed by atoms with Gasteiger partial charge in [0.25, 0.3) is 0 Å². The first-order valence-electron chi connectivity index (χ1n) is 7.09. The van der Waals surface area contributed by atoms with Crippen molar-refractivity contribution in [1.82, 2.24) is 0 Å². The molecule has 1 aliphatic rings. The van der Waals surface area contributed by atoms with Gasteiger partial charge in [-0.1, -0.05) is 35.9 Å². The van der Waals surface area contributed by atoms with E-state index in [9.17, 15) is 4.79 Å². The van der Waals surface area contributed by atoms with E-state index in [1.165, 1.54) is 17.2 Å². The van der Waals surface area contributed by atoms with Crippen LogP contribution >= 0.6 is 0 Å². The maximum Gasteiger partial charge on any atom is 0.330 e. The standard InChI is InChI=1S/C17H22O2/c1-3-4-17(18)19-16-11-9-15(10-12-16)14-7-5-13(2)6-8-14/h3-8,15-16H,9-12H2,1-2H3. The highest BCUT2D eigenvalue weighted by atomic mass is 16.5. The Morgan fingerprint density at radius 1 is 1.16 bits per heavy atom. The van der Waals surface area contributed by atoms with Gasteiger partial charge < -0.3 is 4.74 Å². The molecule has 1 aromatic carbocycles. The van der Waals surface area contributed by atoms with E-state index >= 15 is 0 Å². The molecule has 0 aliphatic heterocycles. The van der Waals surface area contributed by atoms with E-state index in [4.69, 9.17) is 4.74 Å². The van der Waals surface area contributed by atoms with Crippen LogP contribution in [-0.2, 0) is 9.53 Å². The Hall–Kier alpha value is -1.57. The van der Waals surface area contributed by atoms with Gasteiger partial charge in [-0.15, -0.1) is 0 Å². The molecule has 102 valence electrons. The summed E-state index contributed by atoms with van der Waals surface area (Å²) in [6, 6.07) is 8.80. The number of rotatable bonds is 3. The quantitative estimate of drug-likeness (QED) is 0.601. The lowest BCUT2D eigenvalue weighted by Gasteiger charge is -2.28. The molecule has 0 N–H and O–H groups in total. The second-order valence-corrected chi connectivity index (χ2v) is 5.32. The van der Waals surface area contributed by atoms with Gasteiger partial charge in [-0.25, -0.2) is 4.79 Å². The summed E-state index contributed by atoms with van der Waals surface area (Å²) in [4.78, 5) is 11.4. The zero-order chi connectivity index (χ0) is 13.7. The van der Waals surface area contributed by atoms with E-state index in [0.29, 0.717) is 5.92 Å². The summed E-state index contributed by atoms with van der Waals surface area (Å²) in [6.07, 6.45) is 7.48. The van der Waals surface area contributed by atoms with Crippen LogP contribution in [0, 0.1) is 6.92 Å². The summed E-state index contributed by atoms with van der Waals surface area (Å²) in [5, 5.41) is 0. The number of benzene rings is 1. The number of allylic oxidation sites excluding steroid dienone is 1. The van der Waals surface area contributed by atoms with Crippen LogP contribution < -0.4 is 0 Å². The number of ether oxygens (including phenoxy) is 1. The Balaban J connectivity index is 1.85. The van der Waals surface area contributed by atoms with Crippen LogP contribution in [0.2, 0.25) is 0 Å². The van der Waals surface area contributed by atoms with Crippen LogP contribution in [0.4, 0.5) is 0 Å². The average Bonchev–Trinajstić information content (AvgIpc) is 2.41. The number of carbonyl (C=O) groups is 1. The van der Waals surface area contributed by atoms with Gasteiger partial charge in [-0.3, -0.25) is 0 Å². The molecule has 0 bridgehead atoms. The first-order chi connectivity index (χ1) is 9.19. The fraction of sp³-hybridized carbons (Fsp3) is 0.471. The molecule has 19 heavy (non-hydrogen) atoms. The largest absolute Gasteiger partial charge is 0.459 e. The van der Waals surface area contributed by atoms with Gasteiger partial charge in [-0.05, 0) is 51.0 Å². The van der Waals surface area contributed by atoms with Gasteiger partial charge >= 0.3 is 5.97 Å².